The topological polar surface area (TPSA) is 85.2 Å². The van der Waals surface area contributed by atoms with Crippen LogP contribution in [0.2, 0.25) is 0 Å². The van der Waals surface area contributed by atoms with Crippen molar-refractivity contribution in [1.82, 2.24) is 4.98 Å². The van der Waals surface area contributed by atoms with Gasteiger partial charge in [0, 0.05) is 13.1 Å². The van der Waals surface area contributed by atoms with Crippen molar-refractivity contribution in [3.8, 4) is 0 Å². The normalized spacial score (nSPS) is 18.3. The van der Waals surface area contributed by atoms with Gasteiger partial charge in [0.15, 0.2) is 0 Å². The quantitative estimate of drug-likeness (QED) is 0.869. The predicted octanol–water partition coefficient (Wildman–Crippen LogP) is 1.78. The van der Waals surface area contributed by atoms with Crippen molar-refractivity contribution in [2.75, 3.05) is 23.7 Å². The molecule has 5 nitrogen and oxygen atoms in total. The van der Waals surface area contributed by atoms with E-state index in [4.69, 9.17) is 11.5 Å². The SMILES string of the molecule is CCC1(C)CCN(c2cc(C(N)=O)c(N)cn2)CC1. The summed E-state index contributed by atoms with van der Waals surface area (Å²) in [7, 11) is 0. The molecule has 104 valence electrons. The molecule has 1 saturated heterocycles. The van der Waals surface area contributed by atoms with Gasteiger partial charge in [-0.1, -0.05) is 20.3 Å². The minimum absolute atomic E-state index is 0.339. The van der Waals surface area contributed by atoms with Crippen molar-refractivity contribution < 1.29 is 4.79 Å². The molecule has 5 heteroatoms. The van der Waals surface area contributed by atoms with Crippen molar-refractivity contribution in [1.29, 1.82) is 0 Å². The Hall–Kier alpha value is -1.78. The molecule has 2 rings (SSSR count). The Morgan fingerprint density at radius 1 is 1.47 bits per heavy atom. The Balaban J connectivity index is 2.16. The molecule has 0 radical (unpaired) electrons. The van der Waals surface area contributed by atoms with Gasteiger partial charge in [0.1, 0.15) is 5.82 Å². The second-order valence-corrected chi connectivity index (χ2v) is 5.65. The smallest absolute Gasteiger partial charge is 0.250 e. The Kier molecular flexibility index (Phi) is 3.64. The maximum atomic E-state index is 11.3. The number of carbonyl (C=O) groups excluding carboxylic acids is 1. The van der Waals surface area contributed by atoms with E-state index in [0.29, 0.717) is 16.7 Å². The second-order valence-electron chi connectivity index (χ2n) is 5.65. The second kappa shape index (κ2) is 5.07. The monoisotopic (exact) mass is 262 g/mol. The van der Waals surface area contributed by atoms with Gasteiger partial charge in [0.25, 0.3) is 5.91 Å². The van der Waals surface area contributed by atoms with Crippen LogP contribution in [-0.4, -0.2) is 24.0 Å². The molecule has 0 aliphatic carbocycles. The lowest BCUT2D eigenvalue weighted by Gasteiger charge is -2.39. The molecule has 0 saturated carbocycles. The lowest BCUT2D eigenvalue weighted by molar-refractivity contribution is 0.100. The first kappa shape index (κ1) is 13.6. The molecular formula is C14H22N4O. The molecule has 1 aromatic heterocycles. The van der Waals surface area contributed by atoms with Gasteiger partial charge < -0.3 is 16.4 Å². The lowest BCUT2D eigenvalue weighted by Crippen LogP contribution is -2.39. The molecule has 4 N–H and O–H groups in total. The fraction of sp³-hybridized carbons (Fsp3) is 0.571. The molecule has 1 aromatic rings. The average Bonchev–Trinajstić information content (AvgIpc) is 2.40. The summed E-state index contributed by atoms with van der Waals surface area (Å²) in [5.74, 6) is 0.290. The summed E-state index contributed by atoms with van der Waals surface area (Å²) in [4.78, 5) is 17.8. The number of primary amides is 1. The molecule has 1 aliphatic rings. The highest BCUT2D eigenvalue weighted by Gasteiger charge is 2.29. The summed E-state index contributed by atoms with van der Waals surface area (Å²) >= 11 is 0. The average molecular weight is 262 g/mol. The summed E-state index contributed by atoms with van der Waals surface area (Å²) in [6.07, 6.45) is 4.99. The first-order valence-electron chi connectivity index (χ1n) is 6.75. The fourth-order valence-electron chi connectivity index (χ4n) is 2.47. The first-order chi connectivity index (χ1) is 8.95. The van der Waals surface area contributed by atoms with Crippen LogP contribution in [0.25, 0.3) is 0 Å². The zero-order valence-electron chi connectivity index (χ0n) is 11.6. The minimum atomic E-state index is -0.503. The summed E-state index contributed by atoms with van der Waals surface area (Å²) < 4.78 is 0. The summed E-state index contributed by atoms with van der Waals surface area (Å²) in [6, 6.07) is 1.70. The zero-order valence-corrected chi connectivity index (χ0v) is 11.6. The van der Waals surface area contributed by atoms with Crippen LogP contribution in [0.1, 0.15) is 43.5 Å². The third kappa shape index (κ3) is 2.80. The number of nitrogens with zero attached hydrogens (tertiary/aromatic N) is 2. The summed E-state index contributed by atoms with van der Waals surface area (Å²) in [6.45, 7) is 6.48. The molecule has 1 amide bonds. The first-order valence-corrected chi connectivity index (χ1v) is 6.75. The third-order valence-corrected chi connectivity index (χ3v) is 4.33. The lowest BCUT2D eigenvalue weighted by atomic mass is 9.78. The van der Waals surface area contributed by atoms with Gasteiger partial charge in [-0.2, -0.15) is 0 Å². The van der Waals surface area contributed by atoms with Gasteiger partial charge in [-0.25, -0.2) is 4.98 Å². The van der Waals surface area contributed by atoms with E-state index < -0.39 is 5.91 Å². The number of amides is 1. The van der Waals surface area contributed by atoms with Crippen LogP contribution in [0.4, 0.5) is 11.5 Å². The number of hydrogen-bond donors (Lipinski definition) is 2. The Morgan fingerprint density at radius 2 is 2.11 bits per heavy atom. The van der Waals surface area contributed by atoms with Gasteiger partial charge >= 0.3 is 0 Å². The van der Waals surface area contributed by atoms with Crippen LogP contribution >= 0.6 is 0 Å². The van der Waals surface area contributed by atoms with Gasteiger partial charge in [-0.15, -0.1) is 0 Å². The maximum Gasteiger partial charge on any atom is 0.250 e. The van der Waals surface area contributed by atoms with E-state index in [1.54, 1.807) is 6.07 Å². The van der Waals surface area contributed by atoms with Crippen LogP contribution in [0, 0.1) is 5.41 Å². The Labute approximate surface area is 114 Å². The van der Waals surface area contributed by atoms with Gasteiger partial charge in [-0.3, -0.25) is 4.79 Å². The van der Waals surface area contributed by atoms with E-state index in [2.05, 4.69) is 23.7 Å². The molecule has 1 aliphatic heterocycles. The van der Waals surface area contributed by atoms with E-state index in [1.807, 2.05) is 0 Å². The zero-order chi connectivity index (χ0) is 14.0. The molecule has 0 atom stereocenters. The predicted molar refractivity (Wildman–Crippen MR) is 77.0 cm³/mol. The largest absolute Gasteiger partial charge is 0.397 e. The number of nitrogen functional groups attached to an aromatic ring is 1. The third-order valence-electron chi connectivity index (χ3n) is 4.33. The van der Waals surface area contributed by atoms with Crippen LogP contribution in [0.3, 0.4) is 0 Å². The Bertz CT molecular complexity index is 478. The van der Waals surface area contributed by atoms with Crippen molar-refractivity contribution in [3.63, 3.8) is 0 Å². The van der Waals surface area contributed by atoms with Gasteiger partial charge in [0.05, 0.1) is 17.4 Å². The van der Waals surface area contributed by atoms with E-state index in [1.165, 1.54) is 12.6 Å². The number of pyridine rings is 1. The number of piperidine rings is 1. The van der Waals surface area contributed by atoms with E-state index in [0.717, 1.165) is 31.7 Å². The fourth-order valence-corrected chi connectivity index (χ4v) is 2.47. The van der Waals surface area contributed by atoms with Gasteiger partial charge in [-0.05, 0) is 24.3 Å². The maximum absolute atomic E-state index is 11.3. The highest BCUT2D eigenvalue weighted by atomic mass is 16.1. The summed E-state index contributed by atoms with van der Waals surface area (Å²) in [5.41, 5.74) is 12.1. The van der Waals surface area contributed by atoms with Crippen LogP contribution in [0.15, 0.2) is 12.3 Å². The van der Waals surface area contributed by atoms with E-state index in [-0.39, 0.29) is 0 Å². The number of carbonyl (C=O) groups is 1. The molecule has 0 unspecified atom stereocenters. The number of anilines is 2. The standard InChI is InChI=1S/C14H22N4O/c1-3-14(2)4-6-18(7-5-14)12-8-10(13(16)19)11(15)9-17-12/h8-9H,3-7,15H2,1-2H3,(H2,16,19). The van der Waals surface area contributed by atoms with Crippen LogP contribution in [-0.2, 0) is 0 Å². The van der Waals surface area contributed by atoms with Crippen LogP contribution < -0.4 is 16.4 Å². The minimum Gasteiger partial charge on any atom is -0.397 e. The molecule has 2 heterocycles. The molecule has 19 heavy (non-hydrogen) atoms. The highest BCUT2D eigenvalue weighted by Crippen LogP contribution is 2.35. The molecule has 0 aromatic carbocycles. The summed E-state index contributed by atoms with van der Waals surface area (Å²) in [5, 5.41) is 0. The van der Waals surface area contributed by atoms with Crippen molar-refractivity contribution >= 4 is 17.4 Å². The molecule has 0 bridgehead atoms. The van der Waals surface area contributed by atoms with E-state index in [9.17, 15) is 4.79 Å². The molecule has 1 fully saturated rings. The highest BCUT2D eigenvalue weighted by molar-refractivity contribution is 5.98. The molecular weight excluding hydrogens is 240 g/mol. The van der Waals surface area contributed by atoms with Crippen molar-refractivity contribution in [2.45, 2.75) is 33.1 Å². The number of rotatable bonds is 3. The van der Waals surface area contributed by atoms with Crippen molar-refractivity contribution in [3.05, 3.63) is 17.8 Å². The van der Waals surface area contributed by atoms with E-state index >= 15 is 0 Å². The van der Waals surface area contributed by atoms with Crippen molar-refractivity contribution in [2.24, 2.45) is 11.1 Å². The number of hydrogen-bond acceptors (Lipinski definition) is 4. The van der Waals surface area contributed by atoms with Gasteiger partial charge in [0.2, 0.25) is 0 Å². The van der Waals surface area contributed by atoms with Crippen LogP contribution in [0.5, 0.6) is 0 Å². The number of nitrogens with two attached hydrogens (primary N) is 2. The number of aromatic nitrogens is 1. The molecule has 0 spiro atoms. The Morgan fingerprint density at radius 3 is 2.63 bits per heavy atom.